The van der Waals surface area contributed by atoms with Gasteiger partial charge in [-0.1, -0.05) is 67.6 Å². The maximum absolute atomic E-state index is 11.0. The molecule has 0 bridgehead atoms. The van der Waals surface area contributed by atoms with Crippen molar-refractivity contribution in [1.29, 1.82) is 0 Å². The lowest BCUT2D eigenvalue weighted by atomic mass is 10.1. The molecular weight excluding hydrogens is 314 g/mol. The number of carbonyl (C=O) groups is 1. The first kappa shape index (κ1) is 20.2. The summed E-state index contributed by atoms with van der Waals surface area (Å²) in [6, 6.07) is 6.52. The Bertz CT molecular complexity index is 724. The lowest BCUT2D eigenvalue weighted by molar-refractivity contribution is 0.0697. The number of aromatic carboxylic acids is 1. The molecule has 4 nitrogen and oxygen atoms in total. The van der Waals surface area contributed by atoms with Crippen molar-refractivity contribution in [3.8, 4) is 0 Å². The second-order valence-corrected chi connectivity index (χ2v) is 5.18. The Morgan fingerprint density at radius 1 is 1.32 bits per heavy atom. The summed E-state index contributed by atoms with van der Waals surface area (Å²) in [5, 5.41) is 13.1. The Morgan fingerprint density at radius 2 is 2.04 bits per heavy atom. The van der Waals surface area contributed by atoms with Gasteiger partial charge in [0.1, 0.15) is 12.3 Å². The van der Waals surface area contributed by atoms with Crippen LogP contribution in [-0.4, -0.2) is 23.4 Å². The van der Waals surface area contributed by atoms with Gasteiger partial charge >= 0.3 is 5.97 Å². The third-order valence-corrected chi connectivity index (χ3v) is 3.35. The van der Waals surface area contributed by atoms with Crippen molar-refractivity contribution < 1.29 is 14.7 Å². The Balaban J connectivity index is 0.00000151. The van der Waals surface area contributed by atoms with Gasteiger partial charge in [-0.3, -0.25) is 0 Å². The lowest BCUT2D eigenvalue weighted by Crippen LogP contribution is -2.03. The van der Waals surface area contributed by atoms with Crippen LogP contribution in [0.1, 0.15) is 43.1 Å². The number of rotatable bonds is 6. The van der Waals surface area contributed by atoms with Gasteiger partial charge < -0.3 is 9.94 Å². The lowest BCUT2D eigenvalue weighted by Gasteiger charge is -2.05. The number of hydrogen-bond acceptors (Lipinski definition) is 3. The smallest absolute Gasteiger partial charge is 0.335 e. The molecule has 1 aliphatic rings. The van der Waals surface area contributed by atoms with Crippen molar-refractivity contribution in [3.05, 3.63) is 83.5 Å². The van der Waals surface area contributed by atoms with Gasteiger partial charge in [0.25, 0.3) is 0 Å². The van der Waals surface area contributed by atoms with Crippen LogP contribution in [0.4, 0.5) is 0 Å². The number of carboxylic acids is 1. The van der Waals surface area contributed by atoms with E-state index >= 15 is 0 Å². The predicted octanol–water partition coefficient (Wildman–Crippen LogP) is 5.15. The summed E-state index contributed by atoms with van der Waals surface area (Å²) >= 11 is 0. The van der Waals surface area contributed by atoms with Crippen molar-refractivity contribution in [3.63, 3.8) is 0 Å². The largest absolute Gasteiger partial charge is 0.478 e. The van der Waals surface area contributed by atoms with E-state index in [9.17, 15) is 4.79 Å². The summed E-state index contributed by atoms with van der Waals surface area (Å²) < 4.78 is 0. The zero-order chi connectivity index (χ0) is 18.7. The van der Waals surface area contributed by atoms with E-state index in [-0.39, 0.29) is 5.56 Å². The van der Waals surface area contributed by atoms with Crippen LogP contribution < -0.4 is 0 Å². The van der Waals surface area contributed by atoms with E-state index in [2.05, 4.69) is 23.9 Å². The second kappa shape index (κ2) is 10.8. The number of nitrogens with zero attached hydrogens (tertiary/aromatic N) is 1. The normalized spacial score (nSPS) is 13.6. The van der Waals surface area contributed by atoms with Crippen molar-refractivity contribution in [2.45, 2.75) is 27.2 Å². The molecule has 0 unspecified atom stereocenters. The van der Waals surface area contributed by atoms with Crippen LogP contribution in [0.15, 0.2) is 77.5 Å². The summed E-state index contributed by atoms with van der Waals surface area (Å²) in [6.45, 7) is 10.1. The van der Waals surface area contributed by atoms with Gasteiger partial charge in [0, 0.05) is 5.56 Å². The van der Waals surface area contributed by atoms with Crippen molar-refractivity contribution >= 4 is 11.7 Å². The summed E-state index contributed by atoms with van der Waals surface area (Å²) in [5.41, 5.74) is 3.68. The minimum atomic E-state index is -0.978. The number of oxime groups is 1. The Morgan fingerprint density at radius 3 is 2.72 bits per heavy atom. The van der Waals surface area contributed by atoms with Crippen molar-refractivity contribution in [2.24, 2.45) is 5.16 Å². The Kier molecular flexibility index (Phi) is 8.72. The molecule has 0 atom stereocenters. The van der Waals surface area contributed by atoms with E-state index in [1.165, 1.54) is 11.6 Å². The number of carboxylic acid groups (broad SMARTS) is 1. The summed E-state index contributed by atoms with van der Waals surface area (Å²) in [7, 11) is 0. The topological polar surface area (TPSA) is 58.9 Å². The molecule has 1 N–H and O–H groups in total. The second-order valence-electron chi connectivity index (χ2n) is 5.18. The Labute approximate surface area is 149 Å². The van der Waals surface area contributed by atoms with Crippen molar-refractivity contribution in [1.82, 2.24) is 0 Å². The van der Waals surface area contributed by atoms with Gasteiger partial charge in [-0.25, -0.2) is 4.79 Å². The molecular formula is C21H25NO3. The minimum absolute atomic E-state index is 0.203. The highest BCUT2D eigenvalue weighted by atomic mass is 16.6. The zero-order valence-corrected chi connectivity index (χ0v) is 15.0. The molecule has 4 heteroatoms. The van der Waals surface area contributed by atoms with Crippen LogP contribution >= 0.6 is 0 Å². The molecule has 0 saturated heterocycles. The third-order valence-electron chi connectivity index (χ3n) is 3.35. The first-order valence-corrected chi connectivity index (χ1v) is 8.29. The summed E-state index contributed by atoms with van der Waals surface area (Å²) in [5.74, 6) is -0.978. The molecule has 1 aromatic carbocycles. The molecule has 0 fully saturated rings. The fourth-order valence-corrected chi connectivity index (χ4v) is 2.08. The van der Waals surface area contributed by atoms with Gasteiger partial charge in [-0.2, -0.15) is 0 Å². The van der Waals surface area contributed by atoms with E-state index < -0.39 is 5.97 Å². The molecule has 132 valence electrons. The first-order chi connectivity index (χ1) is 12.1. The molecule has 0 aliphatic heterocycles. The van der Waals surface area contributed by atoms with Crippen LogP contribution in [0.25, 0.3) is 0 Å². The predicted molar refractivity (Wildman–Crippen MR) is 103 cm³/mol. The van der Waals surface area contributed by atoms with Crippen LogP contribution in [0.5, 0.6) is 0 Å². The van der Waals surface area contributed by atoms with E-state index in [1.807, 2.05) is 32.9 Å². The van der Waals surface area contributed by atoms with E-state index in [0.717, 1.165) is 12.0 Å². The molecule has 2 rings (SSSR count). The molecule has 0 saturated carbocycles. The molecule has 1 aromatic rings. The van der Waals surface area contributed by atoms with Gasteiger partial charge in [0.05, 0.1) is 5.56 Å². The third kappa shape index (κ3) is 6.63. The van der Waals surface area contributed by atoms with Crippen LogP contribution in [0.2, 0.25) is 0 Å². The minimum Gasteiger partial charge on any atom is -0.478 e. The van der Waals surface area contributed by atoms with Crippen LogP contribution in [-0.2, 0) is 4.84 Å². The van der Waals surface area contributed by atoms with Crippen LogP contribution in [0.3, 0.4) is 0 Å². The molecule has 0 aromatic heterocycles. The highest BCUT2D eigenvalue weighted by Gasteiger charge is 2.06. The van der Waals surface area contributed by atoms with Gasteiger partial charge in [-0.15, -0.1) is 0 Å². The highest BCUT2D eigenvalue weighted by Crippen LogP contribution is 2.12. The quantitative estimate of drug-likeness (QED) is 0.576. The molecule has 0 spiro atoms. The maximum atomic E-state index is 11.0. The first-order valence-electron chi connectivity index (χ1n) is 8.29. The fourth-order valence-electron chi connectivity index (χ4n) is 2.08. The van der Waals surface area contributed by atoms with Crippen molar-refractivity contribution in [2.75, 3.05) is 6.61 Å². The standard InChI is InChI=1S/C19H19NO3.C2H6/c1-3-18(16-8-5-9-17(12-16)19(21)22)20-23-13-15-7-4-6-14(2)10-11-15;1-2/h3-6,8-12H,1,7,13H2,2H3,(H,21,22);1-2H3/b20-18+;. The molecule has 0 heterocycles. The summed E-state index contributed by atoms with van der Waals surface area (Å²) in [6.07, 6.45) is 10.6. The Hall–Kier alpha value is -2.88. The van der Waals surface area contributed by atoms with E-state index in [1.54, 1.807) is 24.3 Å². The van der Waals surface area contributed by atoms with Gasteiger partial charge in [-0.05, 0) is 37.1 Å². The zero-order valence-electron chi connectivity index (χ0n) is 15.0. The number of benzene rings is 1. The maximum Gasteiger partial charge on any atom is 0.335 e. The highest BCUT2D eigenvalue weighted by molar-refractivity contribution is 6.09. The molecule has 1 aliphatic carbocycles. The molecule has 0 radical (unpaired) electrons. The SMILES string of the molecule is C=C/C(=N\OCC1=CC=C(C)C=CC1)c1cccc(C(=O)O)c1.CC. The number of allylic oxidation sites excluding steroid dienone is 6. The van der Waals surface area contributed by atoms with E-state index in [4.69, 9.17) is 9.94 Å². The number of hydrogen-bond donors (Lipinski definition) is 1. The van der Waals surface area contributed by atoms with Gasteiger partial charge in [0.15, 0.2) is 0 Å². The summed E-state index contributed by atoms with van der Waals surface area (Å²) in [4.78, 5) is 16.4. The average Bonchev–Trinajstić information content (AvgIpc) is 2.85. The molecule has 25 heavy (non-hydrogen) atoms. The van der Waals surface area contributed by atoms with Gasteiger partial charge in [0.2, 0.25) is 0 Å². The monoisotopic (exact) mass is 339 g/mol. The fraction of sp³-hybridized carbons (Fsp3) is 0.238. The van der Waals surface area contributed by atoms with Crippen LogP contribution in [0, 0.1) is 0 Å². The molecule has 0 amide bonds. The average molecular weight is 339 g/mol. The van der Waals surface area contributed by atoms with E-state index in [0.29, 0.717) is 17.9 Å².